The van der Waals surface area contributed by atoms with Crippen LogP contribution in [0, 0.1) is 23.2 Å². The third-order valence-electron chi connectivity index (χ3n) is 7.28. The fourth-order valence-electron chi connectivity index (χ4n) is 6.18. The van der Waals surface area contributed by atoms with Gasteiger partial charge in [-0.05, 0) is 80.5 Å². The smallest absolute Gasteiger partial charge is 0.325 e. The van der Waals surface area contributed by atoms with Gasteiger partial charge in [0.05, 0.1) is 7.11 Å². The number of rotatable bonds is 8. The lowest BCUT2D eigenvalue weighted by Crippen LogP contribution is -2.54. The minimum Gasteiger partial charge on any atom is -0.497 e. The summed E-state index contributed by atoms with van der Waals surface area (Å²) in [6.45, 7) is -0.260. The van der Waals surface area contributed by atoms with Crippen LogP contribution in [0.25, 0.3) is 0 Å². The molecule has 0 unspecified atom stereocenters. The van der Waals surface area contributed by atoms with Gasteiger partial charge in [-0.25, -0.2) is 0 Å². The second-order valence-corrected chi connectivity index (χ2v) is 10.8. The molecule has 0 radical (unpaired) electrons. The number of carbonyl (C=O) groups is 3. The molecule has 9 nitrogen and oxygen atoms in total. The fourth-order valence-corrected chi connectivity index (χ4v) is 6.83. The number of esters is 1. The number of anilines is 1. The van der Waals surface area contributed by atoms with Crippen molar-refractivity contribution in [3.05, 3.63) is 34.3 Å². The molecule has 4 bridgehead atoms. The number of hydrogen-bond acceptors (Lipinski definition) is 8. The van der Waals surface area contributed by atoms with Gasteiger partial charge in [-0.3, -0.25) is 14.4 Å². The van der Waals surface area contributed by atoms with E-state index in [0.717, 1.165) is 30.6 Å². The summed E-state index contributed by atoms with van der Waals surface area (Å²) in [4.78, 5) is 37.5. The van der Waals surface area contributed by atoms with Crippen molar-refractivity contribution in [3.63, 3.8) is 0 Å². The SMILES string of the molecule is COc1ccc(NC(=O)c2nnc(COC(=O)CNC(=O)C34CC5CC(CC(C5)C3)C4)s2)cc1. The average molecular weight is 485 g/mol. The van der Waals surface area contributed by atoms with Gasteiger partial charge in [0.1, 0.15) is 18.9 Å². The van der Waals surface area contributed by atoms with Crippen LogP contribution in [0.3, 0.4) is 0 Å². The Labute approximate surface area is 201 Å². The summed E-state index contributed by atoms with van der Waals surface area (Å²) < 4.78 is 10.3. The molecule has 0 atom stereocenters. The van der Waals surface area contributed by atoms with E-state index in [9.17, 15) is 14.4 Å². The molecule has 2 amide bonds. The minimum absolute atomic E-state index is 0.00282. The van der Waals surface area contributed by atoms with E-state index in [1.807, 2.05) is 0 Å². The zero-order chi connectivity index (χ0) is 23.7. The highest BCUT2D eigenvalue weighted by Gasteiger charge is 2.54. The summed E-state index contributed by atoms with van der Waals surface area (Å²) >= 11 is 1.05. The van der Waals surface area contributed by atoms with Crippen molar-refractivity contribution >= 4 is 34.8 Å². The number of nitrogens with one attached hydrogen (secondary N) is 2. The molecule has 6 rings (SSSR count). The van der Waals surface area contributed by atoms with Gasteiger partial charge >= 0.3 is 5.97 Å². The quantitative estimate of drug-likeness (QED) is 0.552. The lowest BCUT2D eigenvalue weighted by Gasteiger charge is -2.55. The lowest BCUT2D eigenvalue weighted by atomic mass is 9.49. The van der Waals surface area contributed by atoms with Gasteiger partial charge in [-0.2, -0.15) is 0 Å². The van der Waals surface area contributed by atoms with Crippen LogP contribution in [0.15, 0.2) is 24.3 Å². The first-order valence-corrected chi connectivity index (χ1v) is 12.5. The summed E-state index contributed by atoms with van der Waals surface area (Å²) in [6.07, 6.45) is 6.63. The molecule has 0 aliphatic heterocycles. The van der Waals surface area contributed by atoms with Gasteiger partial charge in [0, 0.05) is 11.1 Å². The van der Waals surface area contributed by atoms with Crippen molar-refractivity contribution in [1.82, 2.24) is 15.5 Å². The number of ether oxygens (including phenoxy) is 2. The predicted molar refractivity (Wildman–Crippen MR) is 124 cm³/mol. The molecule has 10 heteroatoms. The van der Waals surface area contributed by atoms with Crippen LogP contribution in [0.5, 0.6) is 5.75 Å². The number of nitrogens with zero attached hydrogens (tertiary/aromatic N) is 2. The van der Waals surface area contributed by atoms with Crippen molar-refractivity contribution in [2.45, 2.75) is 45.1 Å². The molecular formula is C24H28N4O5S. The Morgan fingerprint density at radius 1 is 1.03 bits per heavy atom. The van der Waals surface area contributed by atoms with Gasteiger partial charge in [-0.1, -0.05) is 11.3 Å². The maximum absolute atomic E-state index is 12.9. The topological polar surface area (TPSA) is 120 Å². The zero-order valence-corrected chi connectivity index (χ0v) is 19.9. The van der Waals surface area contributed by atoms with E-state index in [0.29, 0.717) is 34.2 Å². The Morgan fingerprint density at radius 3 is 2.29 bits per heavy atom. The molecule has 1 aromatic heterocycles. The normalized spacial score (nSPS) is 26.7. The van der Waals surface area contributed by atoms with Crippen molar-refractivity contribution in [2.75, 3.05) is 19.0 Å². The molecular weight excluding hydrogens is 456 g/mol. The van der Waals surface area contributed by atoms with E-state index >= 15 is 0 Å². The maximum atomic E-state index is 12.9. The van der Waals surface area contributed by atoms with E-state index in [1.54, 1.807) is 31.4 Å². The van der Waals surface area contributed by atoms with Gasteiger partial charge in [0.15, 0.2) is 5.01 Å². The number of aromatic nitrogens is 2. The summed E-state index contributed by atoms with van der Waals surface area (Å²) in [5, 5.41) is 13.9. The van der Waals surface area contributed by atoms with Crippen molar-refractivity contribution in [3.8, 4) is 5.75 Å². The number of carbonyl (C=O) groups excluding carboxylic acids is 3. The molecule has 0 spiro atoms. The Hall–Kier alpha value is -3.01. The van der Waals surface area contributed by atoms with Crippen LogP contribution < -0.4 is 15.4 Å². The Bertz CT molecular complexity index is 1050. The first-order valence-electron chi connectivity index (χ1n) is 11.6. The van der Waals surface area contributed by atoms with Gasteiger partial charge in [0.25, 0.3) is 5.91 Å². The molecule has 1 aromatic carbocycles. The molecule has 2 N–H and O–H groups in total. The van der Waals surface area contributed by atoms with Crippen molar-refractivity contribution < 1.29 is 23.9 Å². The third kappa shape index (κ3) is 4.77. The molecule has 1 heterocycles. The molecule has 4 aliphatic rings. The lowest BCUT2D eigenvalue weighted by molar-refractivity contribution is -0.151. The minimum atomic E-state index is -0.530. The molecule has 4 fully saturated rings. The molecule has 34 heavy (non-hydrogen) atoms. The molecule has 4 saturated carbocycles. The summed E-state index contributed by atoms with van der Waals surface area (Å²) in [5.74, 6) is 1.75. The predicted octanol–water partition coefficient (Wildman–Crippen LogP) is 3.17. The van der Waals surface area contributed by atoms with Gasteiger partial charge in [0.2, 0.25) is 10.9 Å². The second-order valence-electron chi connectivity index (χ2n) is 9.72. The van der Waals surface area contributed by atoms with Crippen LogP contribution in [-0.4, -0.2) is 41.6 Å². The number of methoxy groups -OCH3 is 1. The number of amides is 2. The first-order chi connectivity index (χ1) is 16.4. The van der Waals surface area contributed by atoms with Crippen LogP contribution in [0.4, 0.5) is 5.69 Å². The average Bonchev–Trinajstić information content (AvgIpc) is 3.30. The van der Waals surface area contributed by atoms with Crippen molar-refractivity contribution in [2.24, 2.45) is 23.2 Å². The largest absolute Gasteiger partial charge is 0.497 e. The highest BCUT2D eigenvalue weighted by molar-refractivity contribution is 7.13. The summed E-state index contributed by atoms with van der Waals surface area (Å²) in [7, 11) is 1.57. The Morgan fingerprint density at radius 2 is 1.68 bits per heavy atom. The molecule has 2 aromatic rings. The highest BCUT2D eigenvalue weighted by Crippen LogP contribution is 2.60. The summed E-state index contributed by atoms with van der Waals surface area (Å²) in [5.41, 5.74) is 0.309. The summed E-state index contributed by atoms with van der Waals surface area (Å²) in [6, 6.07) is 6.92. The molecule has 4 aliphatic carbocycles. The third-order valence-corrected chi connectivity index (χ3v) is 8.17. The van der Waals surface area contributed by atoms with E-state index in [1.165, 1.54) is 19.3 Å². The standard InChI is InChI=1S/C24H28N4O5S/c1-32-18-4-2-17(3-5-18)26-21(30)22-28-27-19(34-22)13-33-20(29)12-25-23(31)24-9-14-6-15(10-24)8-16(7-14)11-24/h2-5,14-16H,6-13H2,1H3,(H,25,31)(H,26,30). The van der Waals surface area contributed by atoms with E-state index < -0.39 is 11.9 Å². The van der Waals surface area contributed by atoms with Crippen LogP contribution >= 0.6 is 11.3 Å². The van der Waals surface area contributed by atoms with Crippen molar-refractivity contribution in [1.29, 1.82) is 0 Å². The van der Waals surface area contributed by atoms with E-state index in [4.69, 9.17) is 9.47 Å². The number of hydrogen-bond donors (Lipinski definition) is 2. The monoisotopic (exact) mass is 484 g/mol. The molecule has 180 valence electrons. The van der Waals surface area contributed by atoms with Gasteiger partial charge < -0.3 is 20.1 Å². The second kappa shape index (κ2) is 9.32. The maximum Gasteiger partial charge on any atom is 0.325 e. The van der Waals surface area contributed by atoms with E-state index in [-0.39, 0.29) is 29.5 Å². The first kappa shape index (κ1) is 22.8. The highest BCUT2D eigenvalue weighted by atomic mass is 32.1. The Kier molecular flexibility index (Phi) is 6.24. The Balaban J connectivity index is 1.07. The molecule has 0 saturated heterocycles. The number of benzene rings is 1. The van der Waals surface area contributed by atoms with Crippen LogP contribution in [0.1, 0.15) is 53.3 Å². The van der Waals surface area contributed by atoms with E-state index in [2.05, 4.69) is 20.8 Å². The van der Waals surface area contributed by atoms with Gasteiger partial charge in [-0.15, -0.1) is 10.2 Å². The van der Waals surface area contributed by atoms with Crippen LogP contribution in [-0.2, 0) is 20.9 Å². The van der Waals surface area contributed by atoms with Crippen LogP contribution in [0.2, 0.25) is 0 Å². The fraction of sp³-hybridized carbons (Fsp3) is 0.542. The zero-order valence-electron chi connectivity index (χ0n) is 19.0.